The Morgan fingerprint density at radius 1 is 0.700 bits per heavy atom. The summed E-state index contributed by atoms with van der Waals surface area (Å²) in [5.41, 5.74) is 5.63. The van der Waals surface area contributed by atoms with Crippen LogP contribution in [0.5, 0.6) is 0 Å². The smallest absolute Gasteiger partial charge is 0.337 e. The molecule has 6 nitrogen and oxygen atoms in total. The van der Waals surface area contributed by atoms with E-state index in [1.807, 2.05) is 88.4 Å². The average molecular weight is 545 g/mol. The second-order valence-electron chi connectivity index (χ2n) is 9.78. The van der Waals surface area contributed by atoms with E-state index >= 15 is 0 Å². The maximum Gasteiger partial charge on any atom is 0.337 e. The molecule has 6 heteroatoms. The molecule has 0 spiro atoms. The number of hydrogen-bond donors (Lipinski definition) is 2. The standard InChI is InChI=1S/2C11H13NO.C10H12O2.C2H6/c2*1-8-3-2-4-9(7-8)11(13)12-10-5-6-10;1-3-8-4-6-9(7-5-8)10(11)12-2;1-2/h2*2-4,7,10H,5-6H2,1H3,(H,12,13);4-7H,3H2,1-2H3;1-2H3. The number of carbonyl (C=O) groups excluding carboxylic acids is 3. The third-order valence-electron chi connectivity index (χ3n) is 6.17. The van der Waals surface area contributed by atoms with Crippen LogP contribution in [0.25, 0.3) is 0 Å². The van der Waals surface area contributed by atoms with Gasteiger partial charge in [0.2, 0.25) is 0 Å². The Morgan fingerprint density at radius 3 is 1.45 bits per heavy atom. The summed E-state index contributed by atoms with van der Waals surface area (Å²) in [6.45, 7) is 10.1. The highest BCUT2D eigenvalue weighted by Crippen LogP contribution is 2.20. The van der Waals surface area contributed by atoms with Crippen molar-refractivity contribution in [1.29, 1.82) is 0 Å². The van der Waals surface area contributed by atoms with Gasteiger partial charge in [-0.15, -0.1) is 0 Å². The van der Waals surface area contributed by atoms with Gasteiger partial charge in [-0.1, -0.05) is 68.3 Å². The number of benzene rings is 3. The Kier molecular flexibility index (Phi) is 13.6. The minimum absolute atomic E-state index is 0.0613. The number of aryl methyl sites for hydroxylation is 3. The number of ether oxygens (including phenoxy) is 1. The summed E-state index contributed by atoms with van der Waals surface area (Å²) in [7, 11) is 1.38. The lowest BCUT2D eigenvalue weighted by Crippen LogP contribution is -2.25. The number of methoxy groups -OCH3 is 1. The predicted molar refractivity (Wildman–Crippen MR) is 162 cm³/mol. The molecule has 0 atom stereocenters. The molecule has 2 fully saturated rings. The molecule has 0 bridgehead atoms. The van der Waals surface area contributed by atoms with E-state index in [9.17, 15) is 14.4 Å². The van der Waals surface area contributed by atoms with Gasteiger partial charge >= 0.3 is 5.97 Å². The van der Waals surface area contributed by atoms with Gasteiger partial charge in [-0.3, -0.25) is 9.59 Å². The van der Waals surface area contributed by atoms with Crippen LogP contribution >= 0.6 is 0 Å². The maximum atomic E-state index is 11.5. The second kappa shape index (κ2) is 16.9. The molecule has 3 aromatic carbocycles. The van der Waals surface area contributed by atoms with Gasteiger partial charge in [-0.2, -0.15) is 0 Å². The van der Waals surface area contributed by atoms with E-state index in [1.54, 1.807) is 12.1 Å². The third kappa shape index (κ3) is 11.9. The summed E-state index contributed by atoms with van der Waals surface area (Å²) in [5, 5.41) is 5.92. The van der Waals surface area contributed by atoms with E-state index in [-0.39, 0.29) is 17.8 Å². The minimum atomic E-state index is -0.280. The SMILES string of the molecule is CC.CCc1ccc(C(=O)OC)cc1.Cc1cccc(C(=O)NC2CC2)c1.Cc1cccc(C(=O)NC2CC2)c1. The van der Waals surface area contributed by atoms with Crippen LogP contribution in [0.4, 0.5) is 0 Å². The fraction of sp³-hybridized carbons (Fsp3) is 0.382. The van der Waals surface area contributed by atoms with Gasteiger partial charge in [0.25, 0.3) is 11.8 Å². The first-order valence-corrected chi connectivity index (χ1v) is 14.2. The number of rotatable bonds is 6. The van der Waals surface area contributed by atoms with Crippen LogP contribution in [0, 0.1) is 13.8 Å². The largest absolute Gasteiger partial charge is 0.465 e. The van der Waals surface area contributed by atoms with Gasteiger partial charge in [-0.25, -0.2) is 4.79 Å². The average Bonchev–Trinajstić information content (AvgIpc) is 3.92. The highest BCUT2D eigenvalue weighted by Gasteiger charge is 2.24. The topological polar surface area (TPSA) is 84.5 Å². The molecule has 0 unspecified atom stereocenters. The summed E-state index contributed by atoms with van der Waals surface area (Å²) < 4.78 is 4.57. The van der Waals surface area contributed by atoms with E-state index in [0.717, 1.165) is 54.4 Å². The Morgan fingerprint density at radius 2 is 1.12 bits per heavy atom. The molecule has 0 heterocycles. The first kappa shape index (κ1) is 32.3. The van der Waals surface area contributed by atoms with Gasteiger partial charge in [-0.05, 0) is 87.9 Å². The van der Waals surface area contributed by atoms with Crippen molar-refractivity contribution in [3.8, 4) is 0 Å². The molecule has 3 aromatic rings. The van der Waals surface area contributed by atoms with E-state index in [1.165, 1.54) is 12.7 Å². The Balaban J connectivity index is 0.000000204. The molecule has 0 aliphatic heterocycles. The van der Waals surface area contributed by atoms with Crippen molar-refractivity contribution in [3.63, 3.8) is 0 Å². The highest BCUT2D eigenvalue weighted by molar-refractivity contribution is 5.95. The first-order valence-electron chi connectivity index (χ1n) is 14.2. The van der Waals surface area contributed by atoms with Crippen LogP contribution in [-0.2, 0) is 11.2 Å². The Bertz CT molecular complexity index is 1160. The molecule has 0 aromatic heterocycles. The number of amides is 2. The van der Waals surface area contributed by atoms with Crippen LogP contribution in [-0.4, -0.2) is 37.0 Å². The molecule has 2 saturated carbocycles. The zero-order valence-corrected chi connectivity index (χ0v) is 24.8. The predicted octanol–water partition coefficient (Wildman–Crippen LogP) is 6.84. The number of hydrogen-bond acceptors (Lipinski definition) is 4. The summed E-state index contributed by atoms with van der Waals surface area (Å²) in [6.07, 6.45) is 5.53. The summed E-state index contributed by atoms with van der Waals surface area (Å²) in [6, 6.07) is 23.7. The van der Waals surface area contributed by atoms with Crippen LogP contribution in [0.3, 0.4) is 0 Å². The molecular formula is C34H44N2O4. The summed E-state index contributed by atoms with van der Waals surface area (Å²) in [4.78, 5) is 34.1. The van der Waals surface area contributed by atoms with Gasteiger partial charge < -0.3 is 15.4 Å². The molecule has 0 radical (unpaired) electrons. The van der Waals surface area contributed by atoms with Gasteiger partial charge in [0, 0.05) is 23.2 Å². The molecular weight excluding hydrogens is 500 g/mol. The second-order valence-corrected chi connectivity index (χ2v) is 9.78. The maximum absolute atomic E-state index is 11.5. The first-order chi connectivity index (χ1) is 19.3. The third-order valence-corrected chi connectivity index (χ3v) is 6.17. The minimum Gasteiger partial charge on any atom is -0.465 e. The molecule has 5 rings (SSSR count). The number of esters is 1. The zero-order chi connectivity index (χ0) is 29.5. The lowest BCUT2D eigenvalue weighted by molar-refractivity contribution is 0.0600. The molecule has 0 saturated heterocycles. The van der Waals surface area contributed by atoms with Crippen LogP contribution in [0.1, 0.15) is 94.2 Å². The van der Waals surface area contributed by atoms with Crippen molar-refractivity contribution < 1.29 is 19.1 Å². The Labute approximate surface area is 239 Å². The monoisotopic (exact) mass is 544 g/mol. The van der Waals surface area contributed by atoms with Gasteiger partial charge in [0.05, 0.1) is 12.7 Å². The fourth-order valence-electron chi connectivity index (χ4n) is 3.56. The molecule has 2 aliphatic carbocycles. The number of carbonyl (C=O) groups is 3. The van der Waals surface area contributed by atoms with Crippen LogP contribution in [0.15, 0.2) is 72.8 Å². The van der Waals surface area contributed by atoms with E-state index < -0.39 is 0 Å². The van der Waals surface area contributed by atoms with Crippen molar-refractivity contribution in [2.75, 3.05) is 7.11 Å². The fourth-order valence-corrected chi connectivity index (χ4v) is 3.56. The van der Waals surface area contributed by atoms with Gasteiger partial charge in [0.15, 0.2) is 0 Å². The normalized spacial score (nSPS) is 13.1. The molecule has 2 aliphatic rings. The number of nitrogens with one attached hydrogen (secondary N) is 2. The van der Waals surface area contributed by atoms with Crippen molar-refractivity contribution >= 4 is 17.8 Å². The Hall–Kier alpha value is -3.93. The van der Waals surface area contributed by atoms with Crippen molar-refractivity contribution in [1.82, 2.24) is 10.6 Å². The lowest BCUT2D eigenvalue weighted by Gasteiger charge is -2.03. The highest BCUT2D eigenvalue weighted by atomic mass is 16.5. The van der Waals surface area contributed by atoms with E-state index in [0.29, 0.717) is 17.6 Å². The summed E-state index contributed by atoms with van der Waals surface area (Å²) >= 11 is 0. The van der Waals surface area contributed by atoms with E-state index in [4.69, 9.17) is 0 Å². The molecule has 2 amide bonds. The van der Waals surface area contributed by atoms with E-state index in [2.05, 4.69) is 22.3 Å². The lowest BCUT2D eigenvalue weighted by atomic mass is 10.1. The summed E-state index contributed by atoms with van der Waals surface area (Å²) in [5.74, 6) is -0.157. The van der Waals surface area contributed by atoms with Crippen molar-refractivity contribution in [3.05, 3.63) is 106 Å². The van der Waals surface area contributed by atoms with Crippen LogP contribution < -0.4 is 10.6 Å². The molecule has 2 N–H and O–H groups in total. The molecule has 40 heavy (non-hydrogen) atoms. The van der Waals surface area contributed by atoms with Crippen molar-refractivity contribution in [2.45, 2.75) is 78.8 Å². The van der Waals surface area contributed by atoms with Crippen molar-refractivity contribution in [2.24, 2.45) is 0 Å². The van der Waals surface area contributed by atoms with Crippen LogP contribution in [0.2, 0.25) is 0 Å². The molecule has 214 valence electrons. The quantitative estimate of drug-likeness (QED) is 0.333. The van der Waals surface area contributed by atoms with Gasteiger partial charge in [0.1, 0.15) is 0 Å². The zero-order valence-electron chi connectivity index (χ0n) is 24.8.